The van der Waals surface area contributed by atoms with E-state index >= 15 is 0 Å². The van der Waals surface area contributed by atoms with E-state index in [0.29, 0.717) is 5.41 Å². The molecule has 134 valence electrons. The summed E-state index contributed by atoms with van der Waals surface area (Å²) in [4.78, 5) is 4.85. The third-order valence-electron chi connectivity index (χ3n) is 4.58. The Kier molecular flexibility index (Phi) is 7.56. The van der Waals surface area contributed by atoms with E-state index in [1.807, 2.05) is 13.0 Å². The first-order valence-electron chi connectivity index (χ1n) is 8.97. The lowest BCUT2D eigenvalue weighted by atomic mass is 10.0. The SMILES string of the molecule is CCNC(=NCC1(CCOCC)CC1)NC(C)c1ccccc1Br. The molecule has 1 aliphatic rings. The first-order valence-corrected chi connectivity index (χ1v) is 9.76. The van der Waals surface area contributed by atoms with Gasteiger partial charge in [0.25, 0.3) is 0 Å². The van der Waals surface area contributed by atoms with Crippen molar-refractivity contribution in [1.82, 2.24) is 10.6 Å². The van der Waals surface area contributed by atoms with E-state index in [1.165, 1.54) is 18.4 Å². The quantitative estimate of drug-likeness (QED) is 0.372. The lowest BCUT2D eigenvalue weighted by Crippen LogP contribution is -2.39. The summed E-state index contributed by atoms with van der Waals surface area (Å²) in [6.45, 7) is 9.69. The van der Waals surface area contributed by atoms with Gasteiger partial charge in [-0.3, -0.25) is 4.99 Å². The molecule has 0 heterocycles. The number of hydrogen-bond acceptors (Lipinski definition) is 2. The molecular formula is C19H30BrN3O. The highest BCUT2D eigenvalue weighted by Crippen LogP contribution is 2.49. The van der Waals surface area contributed by atoms with Crippen LogP contribution in [0.15, 0.2) is 33.7 Å². The number of guanidine groups is 1. The molecule has 1 aromatic rings. The Labute approximate surface area is 154 Å². The minimum Gasteiger partial charge on any atom is -0.382 e. The molecule has 1 aliphatic carbocycles. The van der Waals surface area contributed by atoms with Crippen molar-refractivity contribution in [3.63, 3.8) is 0 Å². The Balaban J connectivity index is 1.95. The second kappa shape index (κ2) is 9.42. The molecule has 4 nitrogen and oxygen atoms in total. The van der Waals surface area contributed by atoms with Gasteiger partial charge in [0, 0.05) is 30.8 Å². The Hall–Kier alpha value is -1.07. The van der Waals surface area contributed by atoms with E-state index in [4.69, 9.17) is 9.73 Å². The van der Waals surface area contributed by atoms with Crippen molar-refractivity contribution in [2.75, 3.05) is 26.3 Å². The van der Waals surface area contributed by atoms with Gasteiger partial charge in [-0.25, -0.2) is 0 Å². The van der Waals surface area contributed by atoms with Crippen LogP contribution in [0.3, 0.4) is 0 Å². The lowest BCUT2D eigenvalue weighted by Gasteiger charge is -2.20. The van der Waals surface area contributed by atoms with Crippen LogP contribution < -0.4 is 10.6 Å². The summed E-state index contributed by atoms with van der Waals surface area (Å²) in [7, 11) is 0. The zero-order valence-corrected chi connectivity index (χ0v) is 16.7. The number of nitrogens with zero attached hydrogens (tertiary/aromatic N) is 1. The highest BCUT2D eigenvalue weighted by Gasteiger charge is 2.41. The van der Waals surface area contributed by atoms with Gasteiger partial charge in [-0.05, 0) is 57.1 Å². The summed E-state index contributed by atoms with van der Waals surface area (Å²) < 4.78 is 6.64. The van der Waals surface area contributed by atoms with Crippen LogP contribution in [0, 0.1) is 5.41 Å². The number of benzene rings is 1. The van der Waals surface area contributed by atoms with Crippen LogP contribution in [-0.2, 0) is 4.74 Å². The minimum atomic E-state index is 0.192. The summed E-state index contributed by atoms with van der Waals surface area (Å²) in [6, 6.07) is 8.50. The van der Waals surface area contributed by atoms with Gasteiger partial charge in [-0.15, -0.1) is 0 Å². The molecule has 0 aromatic heterocycles. The van der Waals surface area contributed by atoms with Crippen molar-refractivity contribution in [2.45, 2.75) is 46.1 Å². The van der Waals surface area contributed by atoms with Crippen molar-refractivity contribution in [2.24, 2.45) is 10.4 Å². The predicted octanol–water partition coefficient (Wildman–Crippen LogP) is 4.27. The molecule has 2 rings (SSSR count). The van der Waals surface area contributed by atoms with Crippen molar-refractivity contribution in [3.8, 4) is 0 Å². The third kappa shape index (κ3) is 5.78. The average Bonchev–Trinajstić information content (AvgIpc) is 3.34. The maximum atomic E-state index is 5.51. The average molecular weight is 396 g/mol. The monoisotopic (exact) mass is 395 g/mol. The predicted molar refractivity (Wildman–Crippen MR) is 104 cm³/mol. The number of halogens is 1. The molecular weight excluding hydrogens is 366 g/mol. The fourth-order valence-corrected chi connectivity index (χ4v) is 3.40. The highest BCUT2D eigenvalue weighted by atomic mass is 79.9. The van der Waals surface area contributed by atoms with Crippen LogP contribution in [0.2, 0.25) is 0 Å². The van der Waals surface area contributed by atoms with Crippen molar-refractivity contribution in [1.29, 1.82) is 0 Å². The van der Waals surface area contributed by atoms with Crippen LogP contribution in [0.5, 0.6) is 0 Å². The summed E-state index contributed by atoms with van der Waals surface area (Å²) in [5, 5.41) is 6.88. The molecule has 0 bridgehead atoms. The smallest absolute Gasteiger partial charge is 0.191 e. The Morgan fingerprint density at radius 3 is 2.71 bits per heavy atom. The summed E-state index contributed by atoms with van der Waals surface area (Å²) in [5.74, 6) is 0.892. The van der Waals surface area contributed by atoms with E-state index < -0.39 is 0 Å². The Morgan fingerprint density at radius 1 is 1.33 bits per heavy atom. The first kappa shape index (κ1) is 19.3. The molecule has 1 aromatic carbocycles. The molecule has 0 amide bonds. The maximum Gasteiger partial charge on any atom is 0.191 e. The van der Waals surface area contributed by atoms with E-state index in [2.05, 4.69) is 58.6 Å². The van der Waals surface area contributed by atoms with Crippen LogP contribution in [0.4, 0.5) is 0 Å². The molecule has 1 fully saturated rings. The normalized spacial score (nSPS) is 17.4. The van der Waals surface area contributed by atoms with Gasteiger partial charge in [0.2, 0.25) is 0 Å². The van der Waals surface area contributed by atoms with Gasteiger partial charge in [0.15, 0.2) is 5.96 Å². The molecule has 1 saturated carbocycles. The fraction of sp³-hybridized carbons (Fsp3) is 0.632. The first-order chi connectivity index (χ1) is 11.6. The molecule has 1 atom stereocenters. The molecule has 0 spiro atoms. The van der Waals surface area contributed by atoms with Crippen molar-refractivity contribution >= 4 is 21.9 Å². The molecule has 1 unspecified atom stereocenters. The van der Waals surface area contributed by atoms with Crippen molar-refractivity contribution in [3.05, 3.63) is 34.3 Å². The van der Waals surface area contributed by atoms with Gasteiger partial charge in [-0.2, -0.15) is 0 Å². The Morgan fingerprint density at radius 2 is 2.08 bits per heavy atom. The zero-order valence-electron chi connectivity index (χ0n) is 15.1. The van der Waals surface area contributed by atoms with E-state index in [1.54, 1.807) is 0 Å². The van der Waals surface area contributed by atoms with Gasteiger partial charge < -0.3 is 15.4 Å². The van der Waals surface area contributed by atoms with Crippen LogP contribution in [0.25, 0.3) is 0 Å². The molecule has 5 heteroatoms. The van der Waals surface area contributed by atoms with Gasteiger partial charge in [-0.1, -0.05) is 34.1 Å². The number of aliphatic imine (C=N–C) groups is 1. The lowest BCUT2D eigenvalue weighted by molar-refractivity contribution is 0.129. The zero-order chi connectivity index (χ0) is 17.4. The molecule has 2 N–H and O–H groups in total. The molecule has 0 radical (unpaired) electrons. The molecule has 0 aliphatic heterocycles. The van der Waals surface area contributed by atoms with E-state index in [0.717, 1.165) is 43.2 Å². The minimum absolute atomic E-state index is 0.192. The largest absolute Gasteiger partial charge is 0.382 e. The third-order valence-corrected chi connectivity index (χ3v) is 5.30. The number of hydrogen-bond donors (Lipinski definition) is 2. The van der Waals surface area contributed by atoms with Gasteiger partial charge in [0.1, 0.15) is 0 Å². The van der Waals surface area contributed by atoms with Crippen LogP contribution >= 0.6 is 15.9 Å². The Bertz CT molecular complexity index is 543. The van der Waals surface area contributed by atoms with Crippen LogP contribution in [-0.4, -0.2) is 32.3 Å². The fourth-order valence-electron chi connectivity index (χ4n) is 2.77. The maximum absolute atomic E-state index is 5.51. The second-order valence-corrected chi connectivity index (χ2v) is 7.38. The van der Waals surface area contributed by atoms with Gasteiger partial charge >= 0.3 is 0 Å². The molecule has 0 saturated heterocycles. The van der Waals surface area contributed by atoms with E-state index in [-0.39, 0.29) is 6.04 Å². The second-order valence-electron chi connectivity index (χ2n) is 6.53. The number of ether oxygens (including phenoxy) is 1. The van der Waals surface area contributed by atoms with Crippen molar-refractivity contribution < 1.29 is 4.74 Å². The van der Waals surface area contributed by atoms with Gasteiger partial charge in [0.05, 0.1) is 6.04 Å². The summed E-state index contributed by atoms with van der Waals surface area (Å²) in [5.41, 5.74) is 1.61. The number of rotatable bonds is 9. The standard InChI is InChI=1S/C19H30BrN3O/c1-4-21-18(22-14-19(10-11-19)12-13-24-5-2)23-15(3)16-8-6-7-9-17(16)20/h6-9,15H,4-5,10-14H2,1-3H3,(H2,21,22,23). The topological polar surface area (TPSA) is 45.7 Å². The number of nitrogens with one attached hydrogen (secondary N) is 2. The highest BCUT2D eigenvalue weighted by molar-refractivity contribution is 9.10. The molecule has 24 heavy (non-hydrogen) atoms. The summed E-state index contributed by atoms with van der Waals surface area (Å²) in [6.07, 6.45) is 3.65. The summed E-state index contributed by atoms with van der Waals surface area (Å²) >= 11 is 3.63. The van der Waals surface area contributed by atoms with E-state index in [9.17, 15) is 0 Å². The van der Waals surface area contributed by atoms with Crippen LogP contribution in [0.1, 0.15) is 51.6 Å².